The lowest BCUT2D eigenvalue weighted by atomic mass is 9.85. The molecule has 398 valence electrons. The lowest BCUT2D eigenvalue weighted by Crippen LogP contribution is -2.59. The highest BCUT2D eigenvalue weighted by Crippen LogP contribution is 2.34. The van der Waals surface area contributed by atoms with Crippen LogP contribution < -0.4 is 31.9 Å². The second-order valence-electron chi connectivity index (χ2n) is 22.6. The zero-order valence-corrected chi connectivity index (χ0v) is 45.3. The fraction of sp³-hybridized carbons (Fsp3) is 0.582. The number of aromatic amines is 1. The van der Waals surface area contributed by atoms with Crippen molar-refractivity contribution in [2.24, 2.45) is 22.7 Å². The Hall–Kier alpha value is -6.27. The Morgan fingerprint density at radius 1 is 0.589 bits per heavy atom. The van der Waals surface area contributed by atoms with Crippen LogP contribution in [0.2, 0.25) is 0 Å². The SMILES string of the molecule is CN[C@@H](C)C(=O)N[C@H](C(=O)N1C[C@@H](CC(=O)c2cc(C(=O)C[C@H]3C[C@@H](C(=O)N[C@H](C)c4ccc(C)cc4)N(C(=O)[C@@H](NC(=O)[C@H](C)NC)C(C)(C)C)C3)[nH]n2)C[C@H]1C(=O)N[C@H](C)c1ccc(C)cc1)C(C)(C)C. The van der Waals surface area contributed by atoms with Crippen LogP contribution >= 0.6 is 0 Å². The molecule has 1 aromatic heterocycles. The molecular formula is C55H80N10O8. The minimum atomic E-state index is -0.986. The molecule has 18 heteroatoms. The first-order valence-corrected chi connectivity index (χ1v) is 25.5. The second kappa shape index (κ2) is 24.2. The molecule has 73 heavy (non-hydrogen) atoms. The number of benzene rings is 2. The Labute approximate surface area is 431 Å². The molecule has 2 aliphatic rings. The van der Waals surface area contributed by atoms with Gasteiger partial charge in [-0.1, -0.05) is 101 Å². The van der Waals surface area contributed by atoms with E-state index >= 15 is 0 Å². The summed E-state index contributed by atoms with van der Waals surface area (Å²) in [7, 11) is 3.29. The number of carbonyl (C=O) groups is 8. The van der Waals surface area contributed by atoms with Gasteiger partial charge in [-0.3, -0.25) is 43.5 Å². The number of likely N-dealkylation sites (N-methyl/N-ethyl adjacent to an activating group) is 2. The van der Waals surface area contributed by atoms with E-state index in [0.717, 1.165) is 22.3 Å². The quantitative estimate of drug-likeness (QED) is 0.0770. The van der Waals surface area contributed by atoms with Gasteiger partial charge >= 0.3 is 0 Å². The number of amides is 6. The third-order valence-electron chi connectivity index (χ3n) is 14.4. The van der Waals surface area contributed by atoms with Gasteiger partial charge in [-0.25, -0.2) is 0 Å². The summed E-state index contributed by atoms with van der Waals surface area (Å²) in [4.78, 5) is 115. The zero-order valence-electron chi connectivity index (χ0n) is 45.3. The highest BCUT2D eigenvalue weighted by atomic mass is 16.2. The lowest BCUT2D eigenvalue weighted by molar-refractivity contribution is -0.144. The number of carbonyl (C=O) groups excluding carboxylic acids is 8. The summed E-state index contributed by atoms with van der Waals surface area (Å²) in [6.07, 6.45) is 0.183. The summed E-state index contributed by atoms with van der Waals surface area (Å²) >= 11 is 0. The monoisotopic (exact) mass is 1010 g/mol. The summed E-state index contributed by atoms with van der Waals surface area (Å²) in [5.41, 5.74) is 2.52. The molecule has 2 aliphatic heterocycles. The average Bonchev–Trinajstić information content (AvgIpc) is 4.11. The Morgan fingerprint density at radius 3 is 1.32 bits per heavy atom. The Morgan fingerprint density at radius 2 is 0.959 bits per heavy atom. The molecule has 0 bridgehead atoms. The van der Waals surface area contributed by atoms with Crippen molar-refractivity contribution in [2.45, 2.75) is 157 Å². The number of aryl methyl sites for hydroxylation is 2. The van der Waals surface area contributed by atoms with Gasteiger partial charge in [-0.2, -0.15) is 5.10 Å². The van der Waals surface area contributed by atoms with E-state index in [9.17, 15) is 38.4 Å². The van der Waals surface area contributed by atoms with E-state index in [-0.39, 0.29) is 91.7 Å². The molecule has 2 fully saturated rings. The molecule has 0 radical (unpaired) electrons. The van der Waals surface area contributed by atoms with Crippen molar-refractivity contribution in [3.8, 4) is 0 Å². The summed E-state index contributed by atoms with van der Waals surface area (Å²) in [6, 6.07) is 11.2. The maximum Gasteiger partial charge on any atom is 0.246 e. The number of hydrogen-bond donors (Lipinski definition) is 7. The van der Waals surface area contributed by atoms with Crippen molar-refractivity contribution >= 4 is 47.0 Å². The van der Waals surface area contributed by atoms with Crippen molar-refractivity contribution in [2.75, 3.05) is 27.2 Å². The lowest BCUT2D eigenvalue weighted by Gasteiger charge is -2.36. The minimum Gasteiger partial charge on any atom is -0.348 e. The molecule has 0 unspecified atom stereocenters. The molecule has 2 saturated heterocycles. The van der Waals surface area contributed by atoms with Crippen molar-refractivity contribution in [3.63, 3.8) is 0 Å². The van der Waals surface area contributed by atoms with Gasteiger partial charge in [0.1, 0.15) is 35.6 Å². The first kappa shape index (κ1) is 57.6. The first-order chi connectivity index (χ1) is 34.1. The van der Waals surface area contributed by atoms with Gasteiger partial charge < -0.3 is 41.7 Å². The Bertz CT molecular complexity index is 2310. The van der Waals surface area contributed by atoms with E-state index in [0.29, 0.717) is 0 Å². The van der Waals surface area contributed by atoms with E-state index in [1.54, 1.807) is 27.9 Å². The second-order valence-corrected chi connectivity index (χ2v) is 22.6. The van der Waals surface area contributed by atoms with Gasteiger partial charge in [0, 0.05) is 25.9 Å². The number of Topliss-reactive ketones (excluding diaryl/α,β-unsaturated/α-hetero) is 2. The number of aromatic nitrogens is 2. The van der Waals surface area contributed by atoms with Crippen molar-refractivity contribution in [1.29, 1.82) is 0 Å². The molecule has 2 aromatic carbocycles. The smallest absolute Gasteiger partial charge is 0.246 e. The molecule has 5 rings (SSSR count). The molecule has 7 N–H and O–H groups in total. The fourth-order valence-corrected chi connectivity index (χ4v) is 9.39. The molecule has 6 amide bonds. The predicted molar refractivity (Wildman–Crippen MR) is 279 cm³/mol. The fourth-order valence-electron chi connectivity index (χ4n) is 9.39. The van der Waals surface area contributed by atoms with Crippen LogP contribution in [0.4, 0.5) is 0 Å². The van der Waals surface area contributed by atoms with Crippen LogP contribution in [-0.4, -0.2) is 130 Å². The van der Waals surface area contributed by atoms with E-state index in [4.69, 9.17) is 0 Å². The molecule has 18 nitrogen and oxygen atoms in total. The molecule has 3 aromatic rings. The highest BCUT2D eigenvalue weighted by Gasteiger charge is 2.48. The molecule has 0 aliphatic carbocycles. The number of nitrogens with one attached hydrogen (secondary N) is 7. The van der Waals surface area contributed by atoms with Crippen LogP contribution in [0.25, 0.3) is 0 Å². The van der Waals surface area contributed by atoms with Crippen LogP contribution in [0.3, 0.4) is 0 Å². The number of H-pyrrole nitrogens is 1. The van der Waals surface area contributed by atoms with Crippen LogP contribution in [0.1, 0.15) is 150 Å². The number of likely N-dealkylation sites (tertiary alicyclic amines) is 2. The van der Waals surface area contributed by atoms with Gasteiger partial charge in [0.2, 0.25) is 35.4 Å². The summed E-state index contributed by atoms with van der Waals surface area (Å²) in [5.74, 6) is -4.09. The van der Waals surface area contributed by atoms with E-state index in [1.165, 1.54) is 15.9 Å². The Kier molecular flexibility index (Phi) is 19.1. The maximum atomic E-state index is 14.6. The van der Waals surface area contributed by atoms with E-state index < -0.39 is 76.5 Å². The minimum absolute atomic E-state index is 0.00753. The van der Waals surface area contributed by atoms with Gasteiger partial charge in [-0.05, 0) is 108 Å². The predicted octanol–water partition coefficient (Wildman–Crippen LogP) is 4.64. The largest absolute Gasteiger partial charge is 0.348 e. The summed E-state index contributed by atoms with van der Waals surface area (Å²) < 4.78 is 0. The highest BCUT2D eigenvalue weighted by molar-refractivity contribution is 6.00. The van der Waals surface area contributed by atoms with Crippen molar-refractivity contribution in [3.05, 3.63) is 88.2 Å². The maximum absolute atomic E-state index is 14.6. The molecule has 3 heterocycles. The van der Waals surface area contributed by atoms with Gasteiger partial charge in [-0.15, -0.1) is 0 Å². The van der Waals surface area contributed by atoms with Crippen LogP contribution in [-0.2, 0) is 28.8 Å². The number of nitrogens with zero attached hydrogens (tertiary/aromatic N) is 3. The molecule has 0 spiro atoms. The topological polar surface area (TPSA) is 244 Å². The average molecular weight is 1010 g/mol. The molecule has 0 saturated carbocycles. The van der Waals surface area contributed by atoms with Crippen molar-refractivity contribution in [1.82, 2.24) is 51.9 Å². The van der Waals surface area contributed by atoms with Crippen LogP contribution in [0.15, 0.2) is 54.6 Å². The van der Waals surface area contributed by atoms with E-state index in [2.05, 4.69) is 42.1 Å². The van der Waals surface area contributed by atoms with Crippen molar-refractivity contribution < 1.29 is 38.4 Å². The molecule has 10 atom stereocenters. The van der Waals surface area contributed by atoms with Gasteiger partial charge in [0.05, 0.1) is 24.2 Å². The standard InChI is InChI=1S/C55H80N10O8/c1-30-15-19-38(20-16-30)32(3)58-50(70)42-23-36(28-64(42)52(72)46(54(7,8)9)60-48(68)34(5)56-13)25-44(66)40-27-41(63-62-40)45(67)26-37-24-43(51(71)59-33(4)39-21-17-31(2)18-22-39)65(29-37)53(73)47(55(10,11)12)61-49(69)35(6)57-14/h15-22,27,32-37,42-43,46-47,56-57H,23-26,28-29H2,1-14H3,(H,58,70)(H,59,71)(H,60,68)(H,61,69)(H,62,63)/t32-,33-,34+,35+,36-,37-,42+,43+,46-,47-/m1/s1. The first-order valence-electron chi connectivity index (χ1n) is 25.5. The molecular weight excluding hydrogens is 929 g/mol. The third-order valence-corrected chi connectivity index (χ3v) is 14.4. The number of ketones is 2. The van der Waals surface area contributed by atoms with Crippen LogP contribution in [0, 0.1) is 36.5 Å². The van der Waals surface area contributed by atoms with Gasteiger partial charge in [0.15, 0.2) is 11.6 Å². The van der Waals surface area contributed by atoms with Gasteiger partial charge in [0.25, 0.3) is 0 Å². The number of hydrogen-bond acceptors (Lipinski definition) is 11. The third kappa shape index (κ3) is 14.7. The van der Waals surface area contributed by atoms with Crippen LogP contribution in [0.5, 0.6) is 0 Å². The summed E-state index contributed by atoms with van der Waals surface area (Å²) in [5, 5.41) is 24.7. The number of rotatable bonds is 20. The normalized spacial score (nSPS) is 20.5. The Balaban J connectivity index is 1.34. The summed E-state index contributed by atoms with van der Waals surface area (Å²) in [6.45, 7) is 22.2. The van der Waals surface area contributed by atoms with E-state index in [1.807, 2.05) is 118 Å². The zero-order chi connectivity index (χ0) is 54.3.